The smallest absolute Gasteiger partial charge is 0.289 e. The summed E-state index contributed by atoms with van der Waals surface area (Å²) in [7, 11) is 0. The lowest BCUT2D eigenvalue weighted by molar-refractivity contribution is -0.132. The Morgan fingerprint density at radius 2 is 1.59 bits per heavy atom. The number of Topliss-reactive ketones (excluding diaryl/α,β-unsaturated/α-hetero) is 1. The van der Waals surface area contributed by atoms with Gasteiger partial charge in [-0.25, -0.2) is 0 Å². The maximum atomic E-state index is 12.6. The summed E-state index contributed by atoms with van der Waals surface area (Å²) < 4.78 is 5.16. The van der Waals surface area contributed by atoms with E-state index in [9.17, 15) is 14.4 Å². The van der Waals surface area contributed by atoms with Crippen LogP contribution in [0.25, 0.3) is 0 Å². The van der Waals surface area contributed by atoms with Crippen molar-refractivity contribution in [3.8, 4) is 0 Å². The van der Waals surface area contributed by atoms with Crippen molar-refractivity contribution in [3.63, 3.8) is 0 Å². The molecule has 1 saturated heterocycles. The molecule has 1 aromatic carbocycles. The second-order valence-electron chi connectivity index (χ2n) is 7.76. The molecule has 6 heteroatoms. The van der Waals surface area contributed by atoms with E-state index in [0.29, 0.717) is 37.5 Å². The molecule has 1 aliphatic heterocycles. The minimum absolute atomic E-state index is 0.0263. The molecule has 2 aromatic rings. The van der Waals surface area contributed by atoms with E-state index in [4.69, 9.17) is 4.42 Å². The van der Waals surface area contributed by atoms with Crippen LogP contribution in [0.4, 0.5) is 0 Å². The molecule has 2 heterocycles. The molecule has 1 aliphatic carbocycles. The second kappa shape index (κ2) is 8.64. The first-order valence-corrected chi connectivity index (χ1v) is 10.4. The predicted molar refractivity (Wildman–Crippen MR) is 108 cm³/mol. The molecule has 2 amide bonds. The monoisotopic (exact) mass is 394 g/mol. The van der Waals surface area contributed by atoms with Gasteiger partial charge in [-0.1, -0.05) is 12.1 Å². The molecule has 0 unspecified atom stereocenters. The van der Waals surface area contributed by atoms with Gasteiger partial charge in [0.05, 0.1) is 6.26 Å². The lowest BCUT2D eigenvalue weighted by atomic mass is 9.89. The highest BCUT2D eigenvalue weighted by atomic mass is 16.3. The van der Waals surface area contributed by atoms with Crippen LogP contribution in [0.5, 0.6) is 0 Å². The number of amides is 2. The van der Waals surface area contributed by atoms with E-state index in [1.165, 1.54) is 30.2 Å². The highest BCUT2D eigenvalue weighted by molar-refractivity contribution is 5.98. The zero-order valence-corrected chi connectivity index (χ0v) is 16.6. The van der Waals surface area contributed by atoms with E-state index in [-0.39, 0.29) is 30.4 Å². The minimum Gasteiger partial charge on any atom is -0.459 e. The molecule has 0 bridgehead atoms. The van der Waals surface area contributed by atoms with Crippen LogP contribution < -0.4 is 0 Å². The van der Waals surface area contributed by atoms with Gasteiger partial charge < -0.3 is 14.2 Å². The molecule has 29 heavy (non-hydrogen) atoms. The summed E-state index contributed by atoms with van der Waals surface area (Å²) in [6, 6.07) is 9.31. The summed E-state index contributed by atoms with van der Waals surface area (Å²) in [5.74, 6) is 0.171. The summed E-state index contributed by atoms with van der Waals surface area (Å²) in [6.07, 6.45) is 6.44. The van der Waals surface area contributed by atoms with Crippen LogP contribution in [0.15, 0.2) is 41.0 Å². The Morgan fingerprint density at radius 1 is 0.862 bits per heavy atom. The lowest BCUT2D eigenvalue weighted by Crippen LogP contribution is -2.50. The maximum absolute atomic E-state index is 12.6. The molecule has 0 spiro atoms. The number of carbonyl (C=O) groups is 3. The van der Waals surface area contributed by atoms with Gasteiger partial charge in [0.15, 0.2) is 11.5 Å². The van der Waals surface area contributed by atoms with Gasteiger partial charge >= 0.3 is 0 Å². The van der Waals surface area contributed by atoms with Gasteiger partial charge in [-0.05, 0) is 55.0 Å². The fraction of sp³-hybridized carbons (Fsp3) is 0.435. The molecular weight excluding hydrogens is 368 g/mol. The molecular formula is C23H26N2O4. The number of rotatable bonds is 5. The van der Waals surface area contributed by atoms with Crippen LogP contribution in [0.1, 0.15) is 57.7 Å². The van der Waals surface area contributed by atoms with Gasteiger partial charge in [-0.15, -0.1) is 0 Å². The fourth-order valence-electron chi connectivity index (χ4n) is 4.14. The van der Waals surface area contributed by atoms with Crippen molar-refractivity contribution in [2.45, 2.75) is 38.5 Å². The van der Waals surface area contributed by atoms with Gasteiger partial charge in [0.25, 0.3) is 5.91 Å². The zero-order chi connectivity index (χ0) is 20.2. The maximum Gasteiger partial charge on any atom is 0.289 e. The Hall–Kier alpha value is -2.89. The molecule has 0 saturated carbocycles. The van der Waals surface area contributed by atoms with Crippen molar-refractivity contribution in [2.75, 3.05) is 26.2 Å². The number of benzene rings is 1. The third-order valence-electron chi connectivity index (χ3n) is 5.89. The minimum atomic E-state index is -0.148. The number of hydrogen-bond acceptors (Lipinski definition) is 4. The average Bonchev–Trinajstić information content (AvgIpc) is 3.31. The van der Waals surface area contributed by atoms with Crippen molar-refractivity contribution in [1.29, 1.82) is 0 Å². The molecule has 152 valence electrons. The molecule has 0 N–H and O–H groups in total. The Balaban J connectivity index is 1.26. The number of nitrogens with zero attached hydrogens (tertiary/aromatic N) is 2. The van der Waals surface area contributed by atoms with Crippen molar-refractivity contribution in [2.24, 2.45) is 0 Å². The molecule has 1 aromatic heterocycles. The van der Waals surface area contributed by atoms with Crippen molar-refractivity contribution in [3.05, 3.63) is 59.0 Å². The largest absolute Gasteiger partial charge is 0.459 e. The Bertz CT molecular complexity index is 896. The Kier molecular flexibility index (Phi) is 5.79. The van der Waals surface area contributed by atoms with E-state index >= 15 is 0 Å². The first-order valence-electron chi connectivity index (χ1n) is 10.4. The number of ketones is 1. The molecule has 1 fully saturated rings. The van der Waals surface area contributed by atoms with E-state index < -0.39 is 0 Å². The van der Waals surface area contributed by atoms with Crippen LogP contribution in [-0.4, -0.2) is 53.6 Å². The number of furan rings is 1. The standard InChI is InChI=1S/C23H26N2O4/c26-20(19-8-7-17-4-1-2-5-18(17)16-19)9-10-22(27)24-11-13-25(14-12-24)23(28)21-6-3-15-29-21/h3,6-8,15-16H,1-2,4-5,9-14H2. The molecule has 4 rings (SSSR count). The highest BCUT2D eigenvalue weighted by Crippen LogP contribution is 2.23. The predicted octanol–water partition coefficient (Wildman–Crippen LogP) is 3.11. The summed E-state index contributed by atoms with van der Waals surface area (Å²) in [5.41, 5.74) is 3.35. The van der Waals surface area contributed by atoms with Gasteiger partial charge in [-0.3, -0.25) is 14.4 Å². The van der Waals surface area contributed by atoms with E-state index in [1.54, 1.807) is 21.9 Å². The number of piperazine rings is 1. The topological polar surface area (TPSA) is 70.8 Å². The molecule has 0 atom stereocenters. The van der Waals surface area contributed by atoms with E-state index in [1.807, 2.05) is 12.1 Å². The second-order valence-corrected chi connectivity index (χ2v) is 7.76. The SMILES string of the molecule is O=C(CCC(=O)N1CCN(C(=O)c2ccco2)CC1)c1ccc2c(c1)CCCC2. The van der Waals surface area contributed by atoms with E-state index in [0.717, 1.165) is 12.8 Å². The lowest BCUT2D eigenvalue weighted by Gasteiger charge is -2.34. The first-order chi connectivity index (χ1) is 14.1. The summed E-state index contributed by atoms with van der Waals surface area (Å²) in [6.45, 7) is 1.92. The van der Waals surface area contributed by atoms with Crippen LogP contribution >= 0.6 is 0 Å². The number of aryl methyl sites for hydroxylation is 2. The van der Waals surface area contributed by atoms with Crippen LogP contribution in [0.3, 0.4) is 0 Å². The van der Waals surface area contributed by atoms with Crippen molar-refractivity contribution in [1.82, 2.24) is 9.80 Å². The van der Waals surface area contributed by atoms with Gasteiger partial charge in [-0.2, -0.15) is 0 Å². The first kappa shape index (κ1) is 19.4. The summed E-state index contributed by atoms with van der Waals surface area (Å²) >= 11 is 0. The van der Waals surface area contributed by atoms with Gasteiger partial charge in [0.1, 0.15) is 0 Å². The normalized spacial score (nSPS) is 16.4. The quantitative estimate of drug-likeness (QED) is 0.731. The Morgan fingerprint density at radius 3 is 2.31 bits per heavy atom. The third-order valence-corrected chi connectivity index (χ3v) is 5.89. The summed E-state index contributed by atoms with van der Waals surface area (Å²) in [5, 5.41) is 0. The third kappa shape index (κ3) is 4.42. The molecule has 6 nitrogen and oxygen atoms in total. The van der Waals surface area contributed by atoms with Crippen molar-refractivity contribution >= 4 is 17.6 Å². The van der Waals surface area contributed by atoms with E-state index in [2.05, 4.69) is 6.07 Å². The molecule has 0 radical (unpaired) electrons. The highest BCUT2D eigenvalue weighted by Gasteiger charge is 2.26. The number of carbonyl (C=O) groups excluding carboxylic acids is 3. The summed E-state index contributed by atoms with van der Waals surface area (Å²) in [4.78, 5) is 40.8. The zero-order valence-electron chi connectivity index (χ0n) is 16.6. The Labute approximate surface area is 170 Å². The van der Waals surface area contributed by atoms with Crippen LogP contribution in [-0.2, 0) is 17.6 Å². The number of hydrogen-bond donors (Lipinski definition) is 0. The van der Waals surface area contributed by atoms with Gasteiger partial charge in [0.2, 0.25) is 5.91 Å². The van der Waals surface area contributed by atoms with Crippen LogP contribution in [0, 0.1) is 0 Å². The van der Waals surface area contributed by atoms with Crippen LogP contribution in [0.2, 0.25) is 0 Å². The number of fused-ring (bicyclic) bond motifs is 1. The fourth-order valence-corrected chi connectivity index (χ4v) is 4.14. The molecule has 2 aliphatic rings. The van der Waals surface area contributed by atoms with Gasteiger partial charge in [0, 0.05) is 44.6 Å². The van der Waals surface area contributed by atoms with Crippen molar-refractivity contribution < 1.29 is 18.8 Å². The average molecular weight is 394 g/mol.